The van der Waals surface area contributed by atoms with Gasteiger partial charge in [-0.05, 0) is 73.5 Å². The Labute approximate surface area is 246 Å². The molecule has 0 bridgehead atoms. The van der Waals surface area contributed by atoms with E-state index in [0.717, 1.165) is 42.8 Å². The number of nitrogens with zero attached hydrogens (tertiary/aromatic N) is 5. The first-order valence-corrected chi connectivity index (χ1v) is 14.4. The van der Waals surface area contributed by atoms with Crippen molar-refractivity contribution in [3.63, 3.8) is 0 Å². The van der Waals surface area contributed by atoms with Gasteiger partial charge in [0.25, 0.3) is 0 Å². The molecule has 0 spiro atoms. The zero-order valence-electron chi connectivity index (χ0n) is 23.5. The van der Waals surface area contributed by atoms with Crippen LogP contribution in [0.2, 0.25) is 0 Å². The van der Waals surface area contributed by atoms with Gasteiger partial charge in [-0.1, -0.05) is 31.0 Å². The van der Waals surface area contributed by atoms with E-state index in [1.807, 2.05) is 54.9 Å². The van der Waals surface area contributed by atoms with E-state index in [1.165, 1.54) is 12.1 Å². The molecule has 1 aromatic carbocycles. The van der Waals surface area contributed by atoms with Crippen molar-refractivity contribution in [1.82, 2.24) is 24.8 Å². The summed E-state index contributed by atoms with van der Waals surface area (Å²) in [5.74, 6) is -1.15. The number of carbonyl (C=O) groups is 2. The van der Waals surface area contributed by atoms with Crippen LogP contribution in [0.5, 0.6) is 0 Å². The van der Waals surface area contributed by atoms with Crippen molar-refractivity contribution in [3.8, 4) is 0 Å². The molecule has 2 unspecified atom stereocenters. The summed E-state index contributed by atoms with van der Waals surface area (Å²) in [6, 6.07) is 24.4. The predicted molar refractivity (Wildman–Crippen MR) is 160 cm³/mol. The second-order valence-electron chi connectivity index (χ2n) is 10.6. The van der Waals surface area contributed by atoms with E-state index in [4.69, 9.17) is 0 Å². The van der Waals surface area contributed by atoms with Crippen LogP contribution in [0.15, 0.2) is 97.5 Å². The lowest BCUT2D eigenvalue weighted by Gasteiger charge is -2.45. The van der Waals surface area contributed by atoms with Crippen LogP contribution in [0.25, 0.3) is 0 Å². The van der Waals surface area contributed by atoms with Gasteiger partial charge in [0.05, 0.1) is 29.2 Å². The molecule has 3 heterocycles. The van der Waals surface area contributed by atoms with Gasteiger partial charge in [0, 0.05) is 56.0 Å². The number of carbonyl (C=O) groups excluding carboxylic acids is 1. The van der Waals surface area contributed by atoms with Gasteiger partial charge in [-0.2, -0.15) is 0 Å². The fourth-order valence-corrected chi connectivity index (χ4v) is 5.70. The lowest BCUT2D eigenvalue weighted by molar-refractivity contribution is -0.118. The first kappa shape index (κ1) is 29.0. The molecule has 42 heavy (non-hydrogen) atoms. The molecule has 1 aliphatic rings. The molecule has 1 aliphatic carbocycles. The van der Waals surface area contributed by atoms with Gasteiger partial charge in [0.1, 0.15) is 0 Å². The highest BCUT2D eigenvalue weighted by Gasteiger charge is 2.35. The largest absolute Gasteiger partial charge is 0.478 e. The third-order valence-electron chi connectivity index (χ3n) is 7.67. The summed E-state index contributed by atoms with van der Waals surface area (Å²) in [5, 5.41) is 12.2. The van der Waals surface area contributed by atoms with Gasteiger partial charge in [0.15, 0.2) is 0 Å². The average molecular weight is 565 g/mol. The number of anilines is 1. The van der Waals surface area contributed by atoms with Crippen LogP contribution in [0.1, 0.15) is 53.1 Å². The quantitative estimate of drug-likeness (QED) is 0.247. The predicted octanol–water partition coefficient (Wildman–Crippen LogP) is 5.02. The molecule has 0 aliphatic heterocycles. The molecule has 1 fully saturated rings. The molecule has 9 heteroatoms. The summed E-state index contributed by atoms with van der Waals surface area (Å²) >= 11 is 0. The maximum Gasteiger partial charge on any atom is 0.335 e. The van der Waals surface area contributed by atoms with Crippen LogP contribution in [-0.4, -0.2) is 60.4 Å². The third-order valence-corrected chi connectivity index (χ3v) is 7.67. The Kier molecular flexibility index (Phi) is 9.98. The molecule has 3 aromatic heterocycles. The molecular weight excluding hydrogens is 528 g/mol. The molecule has 2 N–H and O–H groups in total. The first-order valence-electron chi connectivity index (χ1n) is 14.4. The van der Waals surface area contributed by atoms with Crippen LogP contribution in [0.4, 0.5) is 5.69 Å². The topological polar surface area (TPSA) is 112 Å². The summed E-state index contributed by atoms with van der Waals surface area (Å²) in [6.45, 7) is 2.07. The van der Waals surface area contributed by atoms with Crippen molar-refractivity contribution >= 4 is 17.6 Å². The van der Waals surface area contributed by atoms with Gasteiger partial charge in [-0.15, -0.1) is 0 Å². The Hall–Kier alpha value is -4.47. The highest BCUT2D eigenvalue weighted by Crippen LogP contribution is 2.30. The first-order chi connectivity index (χ1) is 20.5. The average Bonchev–Trinajstić information content (AvgIpc) is 3.02. The molecule has 4 aromatic rings. The van der Waals surface area contributed by atoms with E-state index >= 15 is 0 Å². The van der Waals surface area contributed by atoms with Gasteiger partial charge in [-0.25, -0.2) is 4.79 Å². The molecule has 1 amide bonds. The number of benzene rings is 1. The van der Waals surface area contributed by atoms with E-state index in [1.54, 1.807) is 18.3 Å². The van der Waals surface area contributed by atoms with Crippen molar-refractivity contribution < 1.29 is 14.7 Å². The number of aromatic carboxylic acids is 1. The maximum atomic E-state index is 13.4. The lowest BCUT2D eigenvalue weighted by atomic mass is 9.87. The number of pyridine rings is 3. The minimum Gasteiger partial charge on any atom is -0.478 e. The maximum absolute atomic E-state index is 13.4. The van der Waals surface area contributed by atoms with Crippen LogP contribution < -0.4 is 5.32 Å². The van der Waals surface area contributed by atoms with Gasteiger partial charge in [-0.3, -0.25) is 29.5 Å². The summed E-state index contributed by atoms with van der Waals surface area (Å²) < 4.78 is 0. The van der Waals surface area contributed by atoms with Crippen LogP contribution in [-0.2, 0) is 24.4 Å². The fourth-order valence-electron chi connectivity index (χ4n) is 5.70. The zero-order chi connectivity index (χ0) is 29.1. The minimum absolute atomic E-state index is 0.105. The number of amides is 1. The smallest absolute Gasteiger partial charge is 0.335 e. The third kappa shape index (κ3) is 8.05. The Bertz CT molecular complexity index is 1380. The van der Waals surface area contributed by atoms with Crippen LogP contribution in [0.3, 0.4) is 0 Å². The Morgan fingerprint density at radius 3 is 1.62 bits per heavy atom. The van der Waals surface area contributed by atoms with E-state index in [9.17, 15) is 14.7 Å². The highest BCUT2D eigenvalue weighted by atomic mass is 16.4. The molecule has 0 saturated heterocycles. The van der Waals surface area contributed by atoms with Crippen molar-refractivity contribution in [2.24, 2.45) is 0 Å². The second-order valence-corrected chi connectivity index (χ2v) is 10.6. The number of hydrogen-bond donors (Lipinski definition) is 2. The van der Waals surface area contributed by atoms with Gasteiger partial charge < -0.3 is 10.4 Å². The lowest BCUT2D eigenvalue weighted by Crippen LogP contribution is -2.54. The molecule has 5 rings (SSSR count). The second kappa shape index (κ2) is 14.4. The molecule has 216 valence electrons. The molecular formula is C33H36N6O3. The zero-order valence-corrected chi connectivity index (χ0v) is 23.5. The minimum atomic E-state index is -1.00. The van der Waals surface area contributed by atoms with Crippen molar-refractivity contribution in [2.75, 3.05) is 11.9 Å². The summed E-state index contributed by atoms with van der Waals surface area (Å²) in [7, 11) is 0. The van der Waals surface area contributed by atoms with Crippen LogP contribution >= 0.6 is 0 Å². The van der Waals surface area contributed by atoms with Crippen molar-refractivity contribution in [2.45, 2.75) is 57.4 Å². The van der Waals surface area contributed by atoms with Gasteiger partial charge in [0.2, 0.25) is 5.91 Å². The van der Waals surface area contributed by atoms with Crippen molar-refractivity contribution in [3.05, 3.63) is 120 Å². The number of hydrogen-bond acceptors (Lipinski definition) is 7. The fraction of sp³-hybridized carbons (Fsp3) is 0.303. The number of aromatic nitrogens is 3. The van der Waals surface area contributed by atoms with E-state index < -0.39 is 5.97 Å². The summed E-state index contributed by atoms with van der Waals surface area (Å²) in [4.78, 5) is 43.2. The SMILES string of the molecule is O=C(CN(Cc1ccccn1)C1CCCCC1N(Cc1ccccn1)Cc1ccccn1)Nc1ccc(C(=O)O)cc1. The molecule has 1 saturated carbocycles. The molecule has 2 atom stereocenters. The van der Waals surface area contributed by atoms with Gasteiger partial charge >= 0.3 is 5.97 Å². The van der Waals surface area contributed by atoms with E-state index in [-0.39, 0.29) is 30.1 Å². The van der Waals surface area contributed by atoms with E-state index in [2.05, 4.69) is 42.2 Å². The standard InChI is InChI=1S/C33H36N6O3/c40-32(37-26-16-14-25(15-17-26)33(41)42)24-39(23-29-11-5-8-20-36-29)31-13-2-1-12-30(31)38(21-27-9-3-6-18-34-27)22-28-10-4-7-19-35-28/h3-11,14-20,30-31H,1-2,12-13,21-24H2,(H,37,40)(H,41,42). The Balaban J connectivity index is 1.40. The summed E-state index contributed by atoms with van der Waals surface area (Å²) in [5.41, 5.74) is 3.64. The van der Waals surface area contributed by atoms with Crippen LogP contribution in [0, 0.1) is 0 Å². The van der Waals surface area contributed by atoms with Crippen molar-refractivity contribution in [1.29, 1.82) is 0 Å². The molecule has 9 nitrogen and oxygen atoms in total. The summed E-state index contributed by atoms with van der Waals surface area (Å²) in [6.07, 6.45) is 9.59. The monoisotopic (exact) mass is 564 g/mol. The van der Waals surface area contributed by atoms with E-state index in [0.29, 0.717) is 25.3 Å². The highest BCUT2D eigenvalue weighted by molar-refractivity contribution is 5.93. The normalized spacial score (nSPS) is 16.8. The number of rotatable bonds is 12. The number of nitrogens with one attached hydrogen (secondary N) is 1. The Morgan fingerprint density at radius 2 is 1.17 bits per heavy atom. The number of carboxylic acids is 1. The Morgan fingerprint density at radius 1 is 0.690 bits per heavy atom. The molecule has 0 radical (unpaired) electrons. The number of carboxylic acid groups (broad SMARTS) is 1.